The zero-order valence-electron chi connectivity index (χ0n) is 49.8. The van der Waals surface area contributed by atoms with Crippen molar-refractivity contribution in [3.05, 3.63) is 168 Å². The summed E-state index contributed by atoms with van der Waals surface area (Å²) in [5, 5.41) is 1.92. The van der Waals surface area contributed by atoms with Gasteiger partial charge >= 0.3 is 20.4 Å². The first-order valence-electron chi connectivity index (χ1n) is 30.1. The molecule has 0 saturated carbocycles. The monoisotopic (exact) mass is 1200 g/mol. The van der Waals surface area contributed by atoms with Crippen LogP contribution < -0.4 is 11.5 Å². The molecule has 4 aliphatic rings. The van der Waals surface area contributed by atoms with Gasteiger partial charge in [-0.3, -0.25) is 19.4 Å². The van der Waals surface area contributed by atoms with Crippen molar-refractivity contribution in [3.8, 4) is 22.5 Å². The zero-order chi connectivity index (χ0) is 60.3. The van der Waals surface area contributed by atoms with Crippen molar-refractivity contribution in [2.45, 2.75) is 76.3 Å². The molecule has 0 aliphatic carbocycles. The Hall–Kier alpha value is -7.46. The highest BCUT2D eigenvalue weighted by molar-refractivity contribution is 7.88. The van der Waals surface area contributed by atoms with Crippen molar-refractivity contribution in [3.63, 3.8) is 0 Å². The SMILES string of the molecule is CN(C)S(=O)(=O)n1c(-c2ccccc2)c(C2CCN(C(=O)C3CCN(Cc4ccnc(N)c4)CC3)CC2)c2ccccc21.CN(C)S(=O)(=O)n1c(-c2ccccc2)c(C2CCN(C(=O)C3CCN(Cc4ccnc(N)c4)CC3)CC2)c2ccccc21. The highest BCUT2D eigenvalue weighted by Crippen LogP contribution is 2.46. The summed E-state index contributed by atoms with van der Waals surface area (Å²) in [6, 6.07) is 43.0. The molecule has 0 unspecified atom stereocenters. The van der Waals surface area contributed by atoms with Gasteiger partial charge in [-0.25, -0.2) is 17.9 Å². The summed E-state index contributed by atoms with van der Waals surface area (Å²) in [5.74, 6) is 1.94. The lowest BCUT2D eigenvalue weighted by atomic mass is 9.85. The number of hydrogen-bond donors (Lipinski definition) is 2. The predicted molar refractivity (Wildman–Crippen MR) is 341 cm³/mol. The second-order valence-corrected chi connectivity index (χ2v) is 27.9. The second-order valence-electron chi connectivity index (χ2n) is 23.9. The van der Waals surface area contributed by atoms with Crippen LogP contribution in [0.1, 0.15) is 85.5 Å². The number of carbonyl (C=O) groups is 2. The third-order valence-electron chi connectivity index (χ3n) is 18.0. The van der Waals surface area contributed by atoms with Gasteiger partial charge in [0.15, 0.2) is 0 Å². The van der Waals surface area contributed by atoms with Crippen LogP contribution >= 0.6 is 0 Å². The van der Waals surface area contributed by atoms with Crippen LogP contribution in [-0.4, -0.2) is 155 Å². The van der Waals surface area contributed by atoms with Crippen molar-refractivity contribution in [2.75, 3.05) is 92.0 Å². The minimum absolute atomic E-state index is 0.0438. The first-order chi connectivity index (χ1) is 41.5. The van der Waals surface area contributed by atoms with E-state index >= 15 is 0 Å². The number of nitrogens with zero attached hydrogens (tertiary/aromatic N) is 10. The maximum atomic E-state index is 13.7. The van der Waals surface area contributed by atoms with E-state index in [2.05, 4.69) is 19.8 Å². The van der Waals surface area contributed by atoms with Gasteiger partial charge in [0, 0.05) is 102 Å². The topological polar surface area (TPSA) is 210 Å². The molecular weight excluding hydrogens is 1120 g/mol. The molecule has 20 heteroatoms. The van der Waals surface area contributed by atoms with Gasteiger partial charge in [0.05, 0.1) is 22.4 Å². The van der Waals surface area contributed by atoms with Gasteiger partial charge in [-0.1, -0.05) is 97.1 Å². The Morgan fingerprint density at radius 1 is 0.465 bits per heavy atom. The van der Waals surface area contributed by atoms with Crippen LogP contribution in [-0.2, 0) is 43.1 Å². The lowest BCUT2D eigenvalue weighted by Crippen LogP contribution is -2.45. The number of likely N-dealkylation sites (tertiary alicyclic amines) is 4. The number of fused-ring (bicyclic) bond motifs is 2. The highest BCUT2D eigenvalue weighted by atomic mass is 32.2. The maximum absolute atomic E-state index is 13.7. The molecule has 2 amide bonds. The van der Waals surface area contributed by atoms with Crippen molar-refractivity contribution < 1.29 is 26.4 Å². The van der Waals surface area contributed by atoms with Gasteiger partial charge < -0.3 is 21.3 Å². The van der Waals surface area contributed by atoms with E-state index in [0.29, 0.717) is 48.8 Å². The second kappa shape index (κ2) is 25.9. The van der Waals surface area contributed by atoms with Gasteiger partial charge in [-0.05, 0) is 159 Å². The van der Waals surface area contributed by atoms with E-state index in [9.17, 15) is 26.4 Å². The molecule has 0 atom stereocenters. The molecule has 86 heavy (non-hydrogen) atoms. The molecule has 4 saturated heterocycles. The first-order valence-corrected chi connectivity index (χ1v) is 32.9. The number of amides is 2. The van der Waals surface area contributed by atoms with Crippen LogP contribution in [0.2, 0.25) is 0 Å². The van der Waals surface area contributed by atoms with E-state index in [4.69, 9.17) is 11.5 Å². The largest absolute Gasteiger partial charge is 0.384 e. The Balaban J connectivity index is 0.000000179. The maximum Gasteiger partial charge on any atom is 0.308 e. The number of piperidine rings is 4. The van der Waals surface area contributed by atoms with Gasteiger partial charge in [0.2, 0.25) is 11.8 Å². The van der Waals surface area contributed by atoms with Crippen LogP contribution in [0.3, 0.4) is 0 Å². The van der Waals surface area contributed by atoms with Gasteiger partial charge in [-0.2, -0.15) is 25.4 Å². The van der Waals surface area contributed by atoms with Crippen molar-refractivity contribution in [1.29, 1.82) is 0 Å². The molecule has 4 aromatic carbocycles. The smallest absolute Gasteiger partial charge is 0.308 e. The molecule has 0 spiro atoms. The number of hydrogen-bond acceptors (Lipinski definition) is 12. The number of benzene rings is 4. The summed E-state index contributed by atoms with van der Waals surface area (Å²) in [6.45, 7) is 7.88. The lowest BCUT2D eigenvalue weighted by molar-refractivity contribution is -0.139. The molecule has 8 aromatic rings. The number of rotatable bonds is 14. The third-order valence-corrected chi connectivity index (χ3v) is 21.6. The Kier molecular flexibility index (Phi) is 18.1. The molecule has 0 bridgehead atoms. The predicted octanol–water partition coefficient (Wildman–Crippen LogP) is 9.12. The van der Waals surface area contributed by atoms with E-state index in [1.807, 2.05) is 143 Å². The van der Waals surface area contributed by atoms with Gasteiger partial charge in [0.25, 0.3) is 0 Å². The summed E-state index contributed by atoms with van der Waals surface area (Å²) < 4.78 is 60.4. The molecule has 12 rings (SSSR count). The minimum Gasteiger partial charge on any atom is -0.384 e. The van der Waals surface area contributed by atoms with E-state index in [1.54, 1.807) is 40.6 Å². The molecule has 18 nitrogen and oxygen atoms in total. The minimum atomic E-state index is -3.79. The molecule has 452 valence electrons. The first kappa shape index (κ1) is 60.2. The van der Waals surface area contributed by atoms with Gasteiger partial charge in [-0.15, -0.1) is 0 Å². The number of pyridine rings is 2. The number of nitrogens with two attached hydrogens (primary N) is 2. The number of anilines is 2. The summed E-state index contributed by atoms with van der Waals surface area (Å²) >= 11 is 0. The molecule has 8 heterocycles. The average Bonchev–Trinajstić information content (AvgIpc) is 1.75. The van der Waals surface area contributed by atoms with Crippen LogP contribution in [0.4, 0.5) is 11.6 Å². The van der Waals surface area contributed by atoms with E-state index in [-0.39, 0.29) is 35.5 Å². The van der Waals surface area contributed by atoms with Gasteiger partial charge in [0.1, 0.15) is 11.6 Å². The summed E-state index contributed by atoms with van der Waals surface area (Å²) in [4.78, 5) is 44.2. The molecule has 4 N–H and O–H groups in total. The normalized spacial score (nSPS) is 17.6. The van der Waals surface area contributed by atoms with Crippen LogP contribution in [0, 0.1) is 11.8 Å². The van der Waals surface area contributed by atoms with E-state index < -0.39 is 20.4 Å². The Morgan fingerprint density at radius 2 is 0.802 bits per heavy atom. The quantitative estimate of drug-likeness (QED) is 0.104. The molecule has 4 aliphatic heterocycles. The Morgan fingerprint density at radius 3 is 1.14 bits per heavy atom. The summed E-state index contributed by atoms with van der Waals surface area (Å²) in [6.07, 6.45) is 10.1. The molecule has 0 radical (unpaired) electrons. The molecule has 4 aromatic heterocycles. The fraction of sp³-hybridized carbons (Fsp3) is 0.394. The number of para-hydroxylation sites is 2. The van der Waals surface area contributed by atoms with Crippen LogP contribution in [0.25, 0.3) is 44.3 Å². The van der Waals surface area contributed by atoms with Crippen molar-refractivity contribution >= 4 is 65.7 Å². The third kappa shape index (κ3) is 12.6. The van der Waals surface area contributed by atoms with Crippen molar-refractivity contribution in [1.82, 2.24) is 46.1 Å². The number of aromatic nitrogens is 4. The summed E-state index contributed by atoms with van der Waals surface area (Å²) in [7, 11) is -1.30. The van der Waals surface area contributed by atoms with E-state index in [1.165, 1.54) is 16.6 Å². The fourth-order valence-electron chi connectivity index (χ4n) is 13.5. The number of carbonyl (C=O) groups excluding carboxylic acids is 2. The van der Waals surface area contributed by atoms with Crippen LogP contribution in [0.15, 0.2) is 146 Å². The number of nitrogen functional groups attached to an aromatic ring is 2. The zero-order valence-corrected chi connectivity index (χ0v) is 51.4. The van der Waals surface area contributed by atoms with Crippen LogP contribution in [0.5, 0.6) is 0 Å². The lowest BCUT2D eigenvalue weighted by Gasteiger charge is -2.37. The molecule has 4 fully saturated rings. The Bertz CT molecular complexity index is 3660. The van der Waals surface area contributed by atoms with Crippen molar-refractivity contribution in [2.24, 2.45) is 11.8 Å². The molecular formula is C66H80N12O6S2. The average molecular weight is 1200 g/mol. The standard InChI is InChI=1S/2C33H40N6O3S/c2*1-36(2)43(41,42)39-29-11-7-6-10-28(29)31(32(39)26-8-4-3-5-9-26)25-15-20-38(21-16-25)33(40)27-13-18-37(19-14-27)23-24-12-17-35-30(34)22-24/h2*3-12,17,22,25,27H,13-16,18-21,23H2,1-2H3,(H2,34,35). The highest BCUT2D eigenvalue weighted by Gasteiger charge is 2.38. The fourth-order valence-corrected chi connectivity index (χ4v) is 15.9. The summed E-state index contributed by atoms with van der Waals surface area (Å²) in [5.41, 5.74) is 20.7. The van der Waals surface area contributed by atoms with E-state index in [0.717, 1.165) is 146 Å². The Labute approximate surface area is 506 Å².